The van der Waals surface area contributed by atoms with Crippen LogP contribution in [-0.2, 0) is 0 Å². The largest absolute Gasteiger partial charge is 0.478 e. The van der Waals surface area contributed by atoms with Gasteiger partial charge in [0.25, 0.3) is 0 Å². The van der Waals surface area contributed by atoms with E-state index in [0.29, 0.717) is 11.1 Å². The molecule has 2 aromatic carbocycles. The van der Waals surface area contributed by atoms with Crippen LogP contribution in [0.2, 0.25) is 0 Å². The molecule has 2 N–H and O–H groups in total. The third-order valence-electron chi connectivity index (χ3n) is 4.95. The second kappa shape index (κ2) is 6.87. The third kappa shape index (κ3) is 3.04. The highest BCUT2D eigenvalue weighted by Crippen LogP contribution is 2.45. The molecule has 2 aromatic rings. The van der Waals surface area contributed by atoms with Crippen LogP contribution in [0.4, 0.5) is 0 Å². The lowest BCUT2D eigenvalue weighted by molar-refractivity contribution is 0.0682. The van der Waals surface area contributed by atoms with Gasteiger partial charge in [-0.15, -0.1) is 0 Å². The minimum Gasteiger partial charge on any atom is -0.478 e. The van der Waals surface area contributed by atoms with Crippen molar-refractivity contribution in [3.05, 3.63) is 70.8 Å². The number of carbonyl (C=O) groups is 2. The Morgan fingerprint density at radius 2 is 1.08 bits per heavy atom. The molecule has 0 amide bonds. The van der Waals surface area contributed by atoms with Crippen LogP contribution in [0.15, 0.2) is 48.5 Å². The first-order valence-electron chi connectivity index (χ1n) is 8.24. The van der Waals surface area contributed by atoms with Gasteiger partial charge in [0, 0.05) is 0 Å². The minimum atomic E-state index is -0.929. The Bertz CT molecular complexity index is 700. The fraction of sp³-hybridized carbons (Fsp3) is 0.300. The van der Waals surface area contributed by atoms with Gasteiger partial charge in [-0.05, 0) is 47.9 Å². The highest BCUT2D eigenvalue weighted by molar-refractivity contribution is 5.90. The summed E-state index contributed by atoms with van der Waals surface area (Å²) in [5.74, 6) is -1.79. The molecule has 0 bridgehead atoms. The molecule has 4 heteroatoms. The van der Waals surface area contributed by atoms with E-state index in [1.54, 1.807) is 24.3 Å². The Kier molecular flexibility index (Phi) is 4.65. The van der Waals surface area contributed by atoms with Gasteiger partial charge in [0.05, 0.1) is 11.1 Å². The Morgan fingerprint density at radius 3 is 1.46 bits per heavy atom. The second-order valence-corrected chi connectivity index (χ2v) is 6.28. The molecule has 4 nitrogen and oxygen atoms in total. The number of hydrogen-bond acceptors (Lipinski definition) is 2. The van der Waals surface area contributed by atoms with E-state index < -0.39 is 11.9 Å². The molecule has 0 aliphatic heterocycles. The first-order valence-corrected chi connectivity index (χ1v) is 8.24. The summed E-state index contributed by atoms with van der Waals surface area (Å²) in [4.78, 5) is 23.2. The van der Waals surface area contributed by atoms with E-state index >= 15 is 0 Å². The van der Waals surface area contributed by atoms with E-state index in [2.05, 4.69) is 0 Å². The molecule has 3 rings (SSSR count). The maximum Gasteiger partial charge on any atom is 0.335 e. The van der Waals surface area contributed by atoms with Crippen LogP contribution in [0.3, 0.4) is 0 Å². The van der Waals surface area contributed by atoms with Crippen molar-refractivity contribution < 1.29 is 19.8 Å². The van der Waals surface area contributed by atoms with Crippen LogP contribution < -0.4 is 0 Å². The molecule has 0 heterocycles. The summed E-state index contributed by atoms with van der Waals surface area (Å²) < 4.78 is 0. The van der Waals surface area contributed by atoms with Gasteiger partial charge in [0.15, 0.2) is 0 Å². The fourth-order valence-corrected chi connectivity index (χ4v) is 3.91. The zero-order valence-corrected chi connectivity index (χ0v) is 13.3. The highest BCUT2D eigenvalue weighted by atomic mass is 16.4. The summed E-state index contributed by atoms with van der Waals surface area (Å²) in [5.41, 5.74) is 2.27. The van der Waals surface area contributed by atoms with Crippen molar-refractivity contribution in [2.75, 3.05) is 0 Å². The van der Waals surface area contributed by atoms with Crippen molar-refractivity contribution in [2.45, 2.75) is 37.5 Å². The predicted molar refractivity (Wildman–Crippen MR) is 90.8 cm³/mol. The second-order valence-electron chi connectivity index (χ2n) is 6.28. The van der Waals surface area contributed by atoms with Gasteiger partial charge in [0.1, 0.15) is 0 Å². The molecule has 0 spiro atoms. The van der Waals surface area contributed by atoms with Gasteiger partial charge in [-0.1, -0.05) is 49.2 Å². The molecule has 0 radical (unpaired) electrons. The van der Waals surface area contributed by atoms with Gasteiger partial charge < -0.3 is 10.2 Å². The molecule has 1 aliphatic carbocycles. The lowest BCUT2D eigenvalue weighted by Gasteiger charge is -2.33. The van der Waals surface area contributed by atoms with E-state index in [9.17, 15) is 19.8 Å². The first-order chi connectivity index (χ1) is 11.6. The Morgan fingerprint density at radius 1 is 0.708 bits per heavy atom. The summed E-state index contributed by atoms with van der Waals surface area (Å²) in [6.45, 7) is 0. The van der Waals surface area contributed by atoms with Gasteiger partial charge in [-0.3, -0.25) is 0 Å². The average Bonchev–Trinajstić information content (AvgIpc) is 2.61. The Hall–Kier alpha value is -2.62. The summed E-state index contributed by atoms with van der Waals surface area (Å²) in [5, 5.41) is 19.0. The molecule has 1 saturated carbocycles. The Labute approximate surface area is 140 Å². The number of carboxylic acid groups (broad SMARTS) is 2. The van der Waals surface area contributed by atoms with Crippen LogP contribution in [-0.4, -0.2) is 22.2 Å². The van der Waals surface area contributed by atoms with E-state index in [1.807, 2.05) is 24.3 Å². The maximum absolute atomic E-state index is 11.6. The normalized spacial score (nSPS) is 20.5. The van der Waals surface area contributed by atoms with E-state index in [-0.39, 0.29) is 11.8 Å². The number of aromatic carboxylic acids is 2. The SMILES string of the molecule is O=C(O)c1ccccc1C1CCCCC1c1ccccc1C(=O)O. The van der Waals surface area contributed by atoms with Crippen LogP contribution in [0, 0.1) is 0 Å². The number of benzene rings is 2. The summed E-state index contributed by atoms with van der Waals surface area (Å²) >= 11 is 0. The first kappa shape index (κ1) is 16.2. The zero-order valence-electron chi connectivity index (χ0n) is 13.3. The van der Waals surface area contributed by atoms with E-state index in [1.165, 1.54) is 0 Å². The predicted octanol–water partition coefficient (Wildman–Crippen LogP) is 4.52. The molecular formula is C20H20O4. The molecular weight excluding hydrogens is 304 g/mol. The number of carboxylic acids is 2. The molecule has 0 aromatic heterocycles. The average molecular weight is 324 g/mol. The molecule has 0 saturated heterocycles. The fourth-order valence-electron chi connectivity index (χ4n) is 3.91. The summed E-state index contributed by atoms with van der Waals surface area (Å²) in [7, 11) is 0. The molecule has 2 atom stereocenters. The van der Waals surface area contributed by atoms with E-state index in [0.717, 1.165) is 36.8 Å². The molecule has 2 unspecified atom stereocenters. The molecule has 124 valence electrons. The van der Waals surface area contributed by atoms with Gasteiger partial charge in [-0.2, -0.15) is 0 Å². The van der Waals surface area contributed by atoms with E-state index in [4.69, 9.17) is 0 Å². The van der Waals surface area contributed by atoms with Crippen LogP contribution >= 0.6 is 0 Å². The summed E-state index contributed by atoms with van der Waals surface area (Å²) in [6, 6.07) is 14.2. The minimum absolute atomic E-state index is 0.0338. The van der Waals surface area contributed by atoms with Gasteiger partial charge in [0.2, 0.25) is 0 Å². The monoisotopic (exact) mass is 324 g/mol. The summed E-state index contributed by atoms with van der Waals surface area (Å²) in [6.07, 6.45) is 3.82. The zero-order chi connectivity index (χ0) is 17.1. The van der Waals surface area contributed by atoms with Gasteiger partial charge in [-0.25, -0.2) is 9.59 Å². The molecule has 1 fully saturated rings. The van der Waals surface area contributed by atoms with Crippen molar-refractivity contribution in [3.8, 4) is 0 Å². The van der Waals surface area contributed by atoms with Crippen molar-refractivity contribution in [2.24, 2.45) is 0 Å². The highest BCUT2D eigenvalue weighted by Gasteiger charge is 2.32. The number of hydrogen-bond donors (Lipinski definition) is 2. The van der Waals surface area contributed by atoms with Crippen molar-refractivity contribution in [1.82, 2.24) is 0 Å². The molecule has 24 heavy (non-hydrogen) atoms. The van der Waals surface area contributed by atoms with Crippen LogP contribution in [0.1, 0.15) is 69.4 Å². The van der Waals surface area contributed by atoms with Crippen molar-refractivity contribution >= 4 is 11.9 Å². The lowest BCUT2D eigenvalue weighted by atomic mass is 9.70. The van der Waals surface area contributed by atoms with Gasteiger partial charge >= 0.3 is 11.9 Å². The quantitative estimate of drug-likeness (QED) is 0.867. The Balaban J connectivity index is 2.08. The topological polar surface area (TPSA) is 74.6 Å². The van der Waals surface area contributed by atoms with Crippen LogP contribution in [0.5, 0.6) is 0 Å². The number of rotatable bonds is 4. The molecule has 1 aliphatic rings. The van der Waals surface area contributed by atoms with Crippen molar-refractivity contribution in [3.63, 3.8) is 0 Å². The maximum atomic E-state index is 11.6. The van der Waals surface area contributed by atoms with Crippen LogP contribution in [0.25, 0.3) is 0 Å². The smallest absolute Gasteiger partial charge is 0.335 e. The third-order valence-corrected chi connectivity index (χ3v) is 4.95. The lowest BCUT2D eigenvalue weighted by Crippen LogP contribution is -2.20. The van der Waals surface area contributed by atoms with Crippen molar-refractivity contribution in [1.29, 1.82) is 0 Å². The standard InChI is InChI=1S/C20H20O4/c21-19(22)17-11-5-3-9-15(17)13-7-1-2-8-14(13)16-10-4-6-12-18(16)20(23)24/h3-6,9-14H,1-2,7-8H2,(H,21,22)(H,23,24).